The van der Waals surface area contributed by atoms with Gasteiger partial charge in [0, 0.05) is 79.6 Å². The van der Waals surface area contributed by atoms with E-state index in [-0.39, 0.29) is 11.8 Å². The average Bonchev–Trinajstić information content (AvgIpc) is 3.55. The smallest absolute Gasteiger partial charge is 0.273 e. The summed E-state index contributed by atoms with van der Waals surface area (Å²) in [5, 5.41) is 2.63. The lowest BCUT2D eigenvalue weighted by Crippen LogP contribution is -2.64. The molecule has 184 valence electrons. The lowest BCUT2D eigenvalue weighted by Gasteiger charge is -2.48. The summed E-state index contributed by atoms with van der Waals surface area (Å²) in [7, 11) is 0. The summed E-state index contributed by atoms with van der Waals surface area (Å²) in [6.07, 6.45) is 1.78. The molecule has 2 fully saturated rings. The summed E-state index contributed by atoms with van der Waals surface area (Å²) in [5.41, 5.74) is 4.10. The van der Waals surface area contributed by atoms with Gasteiger partial charge in [0.25, 0.3) is 11.8 Å². The molecule has 2 amide bonds. The van der Waals surface area contributed by atoms with Gasteiger partial charge < -0.3 is 14.4 Å². The molecule has 0 atom stereocenters. The van der Waals surface area contributed by atoms with Crippen LogP contribution in [0.15, 0.2) is 59.6 Å². The number of thiazole rings is 1. The van der Waals surface area contributed by atoms with E-state index in [1.165, 1.54) is 17.4 Å². The van der Waals surface area contributed by atoms with Crippen molar-refractivity contribution in [2.45, 2.75) is 6.04 Å². The lowest BCUT2D eigenvalue weighted by molar-refractivity contribution is 0.00845. The summed E-state index contributed by atoms with van der Waals surface area (Å²) in [6.45, 7) is 4.20. The number of benzene rings is 2. The molecule has 0 bridgehead atoms. The number of carbonyl (C=O) groups is 2. The number of hydrogen-bond donors (Lipinski definition) is 0. The maximum atomic E-state index is 13.7. The van der Waals surface area contributed by atoms with Gasteiger partial charge in [-0.15, -0.1) is 11.3 Å². The number of amides is 2. The number of nitrogens with zero attached hydrogens (tertiary/aromatic N) is 5. The Morgan fingerprint density at radius 3 is 2.42 bits per heavy atom. The van der Waals surface area contributed by atoms with Crippen molar-refractivity contribution >= 4 is 34.1 Å². The normalized spacial score (nSPS) is 16.9. The molecule has 6 rings (SSSR count). The Hall–Kier alpha value is -3.63. The molecule has 2 aliphatic rings. The van der Waals surface area contributed by atoms with Crippen molar-refractivity contribution in [1.29, 1.82) is 0 Å². The van der Waals surface area contributed by atoms with Crippen LogP contribution in [0.25, 0.3) is 16.6 Å². The Balaban J connectivity index is 1.07. The predicted octanol–water partition coefficient (Wildman–Crippen LogP) is 3.65. The largest absolute Gasteiger partial charge is 0.335 e. The standard InChI is InChI=1S/C26H23F2N5O2S/c27-21-3-2-19(12-22(21)28)33-6-5-17-11-18(1-4-24(17)33)25(34)32-13-20(14-32)30-7-9-31(10-8-30)26(35)23-15-36-16-29-23/h1-6,11-12,15-16,20H,7-10,13-14H2. The topological polar surface area (TPSA) is 61.7 Å². The second kappa shape index (κ2) is 9.11. The fourth-order valence-electron chi connectivity index (χ4n) is 4.94. The fraction of sp³-hybridized carbons (Fsp3) is 0.269. The lowest BCUT2D eigenvalue weighted by atomic mass is 10.0. The Bertz CT molecular complexity index is 1440. The molecule has 0 radical (unpaired) electrons. The van der Waals surface area contributed by atoms with Crippen LogP contribution in [0.1, 0.15) is 20.8 Å². The van der Waals surface area contributed by atoms with E-state index in [9.17, 15) is 18.4 Å². The van der Waals surface area contributed by atoms with E-state index in [1.54, 1.807) is 27.7 Å². The van der Waals surface area contributed by atoms with Crippen LogP contribution in [0.3, 0.4) is 0 Å². The second-order valence-corrected chi connectivity index (χ2v) is 9.84. The highest BCUT2D eigenvalue weighted by atomic mass is 32.1. The molecular formula is C26H23F2N5O2S. The minimum Gasteiger partial charge on any atom is -0.335 e. The summed E-state index contributed by atoms with van der Waals surface area (Å²) < 4.78 is 28.8. The van der Waals surface area contributed by atoms with Crippen LogP contribution >= 0.6 is 11.3 Å². The number of rotatable bonds is 4. The van der Waals surface area contributed by atoms with Gasteiger partial charge in [-0.25, -0.2) is 13.8 Å². The van der Waals surface area contributed by atoms with Crippen molar-refractivity contribution in [3.05, 3.63) is 82.4 Å². The van der Waals surface area contributed by atoms with E-state index < -0.39 is 11.6 Å². The van der Waals surface area contributed by atoms with Crippen molar-refractivity contribution in [3.8, 4) is 5.69 Å². The molecule has 4 heterocycles. The molecule has 0 spiro atoms. The van der Waals surface area contributed by atoms with E-state index in [0.29, 0.717) is 49.2 Å². The molecule has 0 aliphatic carbocycles. The fourth-order valence-corrected chi connectivity index (χ4v) is 5.47. The minimum atomic E-state index is -0.902. The van der Waals surface area contributed by atoms with E-state index in [4.69, 9.17) is 0 Å². The van der Waals surface area contributed by atoms with Crippen molar-refractivity contribution in [2.24, 2.45) is 0 Å². The zero-order valence-corrected chi connectivity index (χ0v) is 20.1. The monoisotopic (exact) mass is 507 g/mol. The Kier molecular flexibility index (Phi) is 5.77. The first-order valence-corrected chi connectivity index (χ1v) is 12.7. The van der Waals surface area contributed by atoms with Crippen molar-refractivity contribution in [2.75, 3.05) is 39.3 Å². The molecule has 2 aliphatic heterocycles. The van der Waals surface area contributed by atoms with Crippen LogP contribution in [0.5, 0.6) is 0 Å². The van der Waals surface area contributed by atoms with Crippen LogP contribution in [-0.4, -0.2) is 81.4 Å². The Morgan fingerprint density at radius 1 is 0.889 bits per heavy atom. The van der Waals surface area contributed by atoms with E-state index in [2.05, 4.69) is 9.88 Å². The van der Waals surface area contributed by atoms with Gasteiger partial charge in [0.05, 0.1) is 11.0 Å². The molecule has 4 aromatic rings. The Labute approximate surface area is 210 Å². The van der Waals surface area contributed by atoms with Crippen LogP contribution < -0.4 is 0 Å². The van der Waals surface area contributed by atoms with Gasteiger partial charge in [0.15, 0.2) is 11.6 Å². The number of hydrogen-bond acceptors (Lipinski definition) is 5. The van der Waals surface area contributed by atoms with Crippen molar-refractivity contribution in [3.63, 3.8) is 0 Å². The van der Waals surface area contributed by atoms with Crippen LogP contribution in [0.2, 0.25) is 0 Å². The summed E-state index contributed by atoms with van der Waals surface area (Å²) >= 11 is 1.42. The molecule has 10 heteroatoms. The number of fused-ring (bicyclic) bond motifs is 1. The van der Waals surface area contributed by atoms with Gasteiger partial charge in [0.1, 0.15) is 5.69 Å². The van der Waals surface area contributed by atoms with Gasteiger partial charge in [-0.3, -0.25) is 14.5 Å². The van der Waals surface area contributed by atoms with Crippen LogP contribution in [-0.2, 0) is 0 Å². The van der Waals surface area contributed by atoms with Crippen molar-refractivity contribution < 1.29 is 18.4 Å². The molecule has 0 unspecified atom stereocenters. The molecule has 2 saturated heterocycles. The first-order chi connectivity index (χ1) is 17.5. The third kappa shape index (κ3) is 4.06. The first-order valence-electron chi connectivity index (χ1n) is 11.8. The Morgan fingerprint density at radius 2 is 1.69 bits per heavy atom. The molecule has 2 aromatic carbocycles. The van der Waals surface area contributed by atoms with Gasteiger partial charge in [-0.1, -0.05) is 0 Å². The number of aromatic nitrogens is 2. The summed E-state index contributed by atoms with van der Waals surface area (Å²) in [5.74, 6) is -1.83. The predicted molar refractivity (Wildman–Crippen MR) is 132 cm³/mol. The average molecular weight is 508 g/mol. The minimum absolute atomic E-state index is 0.0184. The zero-order chi connectivity index (χ0) is 24.8. The number of piperazine rings is 1. The van der Waals surface area contributed by atoms with Crippen molar-refractivity contribution in [1.82, 2.24) is 24.3 Å². The number of halogens is 2. The zero-order valence-electron chi connectivity index (χ0n) is 19.3. The quantitative estimate of drug-likeness (QED) is 0.423. The van der Waals surface area contributed by atoms with Gasteiger partial charge in [0.2, 0.25) is 0 Å². The van der Waals surface area contributed by atoms with E-state index in [1.807, 2.05) is 28.0 Å². The maximum Gasteiger partial charge on any atom is 0.273 e. The van der Waals surface area contributed by atoms with Gasteiger partial charge in [-0.05, 0) is 36.4 Å². The highest BCUT2D eigenvalue weighted by Crippen LogP contribution is 2.25. The highest BCUT2D eigenvalue weighted by molar-refractivity contribution is 7.07. The second-order valence-electron chi connectivity index (χ2n) is 9.12. The SMILES string of the molecule is O=C(c1ccc2c(ccn2-c2ccc(F)c(F)c2)c1)N1CC(N2CCN(C(=O)c3cscn3)CC2)C1. The van der Waals surface area contributed by atoms with Gasteiger partial charge >= 0.3 is 0 Å². The molecular weight excluding hydrogens is 484 g/mol. The summed E-state index contributed by atoms with van der Waals surface area (Å²) in [6, 6.07) is 11.4. The number of carbonyl (C=O) groups excluding carboxylic acids is 2. The van der Waals surface area contributed by atoms with Gasteiger partial charge in [-0.2, -0.15) is 0 Å². The summed E-state index contributed by atoms with van der Waals surface area (Å²) in [4.78, 5) is 35.7. The van der Waals surface area contributed by atoms with E-state index >= 15 is 0 Å². The van der Waals surface area contributed by atoms with Crippen LogP contribution in [0.4, 0.5) is 8.78 Å². The third-order valence-electron chi connectivity index (χ3n) is 7.04. The number of likely N-dealkylation sites (tertiary alicyclic amines) is 1. The van der Waals surface area contributed by atoms with Crippen LogP contribution in [0, 0.1) is 11.6 Å². The third-order valence-corrected chi connectivity index (χ3v) is 7.62. The molecule has 7 nitrogen and oxygen atoms in total. The molecule has 0 N–H and O–H groups in total. The molecule has 0 saturated carbocycles. The maximum absolute atomic E-state index is 13.7. The van der Waals surface area contributed by atoms with E-state index in [0.717, 1.165) is 36.1 Å². The molecule has 36 heavy (non-hydrogen) atoms. The molecule has 2 aromatic heterocycles. The highest BCUT2D eigenvalue weighted by Gasteiger charge is 2.37. The first kappa shape index (κ1) is 22.8.